The Morgan fingerprint density at radius 1 is 1.44 bits per heavy atom. The topological polar surface area (TPSA) is 49.8 Å². The standard InChI is InChI=1S/C14H25NO3/c1-14(2)9-12(5-7-18-14)15-6-3-4-11(10-15)8-13(16)17/h11-12H,3-10H2,1-2H3,(H,16,17). The Balaban J connectivity index is 1.90. The van der Waals surface area contributed by atoms with Gasteiger partial charge < -0.3 is 9.84 Å². The molecule has 4 heteroatoms. The molecule has 0 aliphatic carbocycles. The van der Waals surface area contributed by atoms with Crippen LogP contribution >= 0.6 is 0 Å². The molecule has 2 atom stereocenters. The lowest BCUT2D eigenvalue weighted by atomic mass is 9.88. The van der Waals surface area contributed by atoms with Crippen LogP contribution in [0.25, 0.3) is 0 Å². The number of hydrogen-bond acceptors (Lipinski definition) is 3. The van der Waals surface area contributed by atoms with Crippen LogP contribution in [0.2, 0.25) is 0 Å². The number of hydrogen-bond donors (Lipinski definition) is 1. The summed E-state index contributed by atoms with van der Waals surface area (Å²) in [6.45, 7) is 7.21. The number of carboxylic acid groups (broad SMARTS) is 1. The minimum atomic E-state index is -0.658. The number of carbonyl (C=O) groups is 1. The second kappa shape index (κ2) is 5.57. The summed E-state index contributed by atoms with van der Waals surface area (Å²) in [5.41, 5.74) is -0.0251. The zero-order valence-electron chi connectivity index (χ0n) is 11.5. The van der Waals surface area contributed by atoms with Crippen molar-refractivity contribution in [2.24, 2.45) is 5.92 Å². The zero-order valence-corrected chi connectivity index (χ0v) is 11.5. The van der Waals surface area contributed by atoms with Gasteiger partial charge in [-0.1, -0.05) is 0 Å². The fourth-order valence-electron chi connectivity index (χ4n) is 3.35. The molecule has 2 unspecified atom stereocenters. The van der Waals surface area contributed by atoms with Crippen molar-refractivity contribution in [3.63, 3.8) is 0 Å². The Bertz CT molecular complexity index is 303. The van der Waals surface area contributed by atoms with Gasteiger partial charge in [-0.25, -0.2) is 0 Å². The van der Waals surface area contributed by atoms with E-state index in [0.717, 1.165) is 45.4 Å². The molecule has 4 nitrogen and oxygen atoms in total. The van der Waals surface area contributed by atoms with E-state index in [4.69, 9.17) is 9.84 Å². The highest BCUT2D eigenvalue weighted by Crippen LogP contribution is 2.30. The van der Waals surface area contributed by atoms with Gasteiger partial charge in [-0.2, -0.15) is 0 Å². The second-order valence-corrected chi connectivity index (χ2v) is 6.36. The fraction of sp³-hybridized carbons (Fsp3) is 0.929. The summed E-state index contributed by atoms with van der Waals surface area (Å²) in [6, 6.07) is 0.574. The van der Waals surface area contributed by atoms with Crippen molar-refractivity contribution in [3.8, 4) is 0 Å². The van der Waals surface area contributed by atoms with Crippen molar-refractivity contribution in [2.45, 2.75) is 57.6 Å². The van der Waals surface area contributed by atoms with Gasteiger partial charge in [-0.05, 0) is 52.0 Å². The third-order valence-corrected chi connectivity index (χ3v) is 4.20. The molecule has 2 aliphatic heterocycles. The molecular weight excluding hydrogens is 230 g/mol. The Hall–Kier alpha value is -0.610. The highest BCUT2D eigenvalue weighted by atomic mass is 16.5. The maximum absolute atomic E-state index is 10.8. The molecule has 0 saturated carbocycles. The Kier molecular flexibility index (Phi) is 4.28. The van der Waals surface area contributed by atoms with Crippen LogP contribution in [0.4, 0.5) is 0 Å². The molecular formula is C14H25NO3. The van der Waals surface area contributed by atoms with Gasteiger partial charge in [0.15, 0.2) is 0 Å². The van der Waals surface area contributed by atoms with Crippen LogP contribution < -0.4 is 0 Å². The van der Waals surface area contributed by atoms with E-state index >= 15 is 0 Å². The van der Waals surface area contributed by atoms with Crippen LogP contribution in [-0.4, -0.2) is 47.3 Å². The van der Waals surface area contributed by atoms with Crippen molar-refractivity contribution in [3.05, 3.63) is 0 Å². The van der Waals surface area contributed by atoms with Gasteiger partial charge in [0.1, 0.15) is 0 Å². The largest absolute Gasteiger partial charge is 0.481 e. The second-order valence-electron chi connectivity index (χ2n) is 6.36. The summed E-state index contributed by atoms with van der Waals surface area (Å²) in [4.78, 5) is 13.3. The number of rotatable bonds is 3. The third kappa shape index (κ3) is 3.69. The summed E-state index contributed by atoms with van der Waals surface area (Å²) < 4.78 is 5.76. The lowest BCUT2D eigenvalue weighted by molar-refractivity contribution is -0.139. The predicted molar refractivity (Wildman–Crippen MR) is 69.6 cm³/mol. The van der Waals surface area contributed by atoms with E-state index in [1.54, 1.807) is 0 Å². The fourth-order valence-corrected chi connectivity index (χ4v) is 3.35. The van der Waals surface area contributed by atoms with Crippen LogP contribution in [0.3, 0.4) is 0 Å². The maximum Gasteiger partial charge on any atom is 0.303 e. The summed E-state index contributed by atoms with van der Waals surface area (Å²) in [5.74, 6) is -0.323. The van der Waals surface area contributed by atoms with E-state index in [-0.39, 0.29) is 5.60 Å². The van der Waals surface area contributed by atoms with Crippen LogP contribution in [0.1, 0.15) is 46.0 Å². The molecule has 2 aliphatic rings. The van der Waals surface area contributed by atoms with Crippen molar-refractivity contribution in [1.82, 2.24) is 4.90 Å². The van der Waals surface area contributed by atoms with Gasteiger partial charge in [0, 0.05) is 25.6 Å². The number of piperidine rings is 1. The minimum Gasteiger partial charge on any atom is -0.481 e. The zero-order chi connectivity index (χ0) is 13.2. The molecule has 2 fully saturated rings. The Morgan fingerprint density at radius 2 is 2.22 bits per heavy atom. The molecule has 0 aromatic carbocycles. The van der Waals surface area contributed by atoms with Gasteiger partial charge in [-0.15, -0.1) is 0 Å². The van der Waals surface area contributed by atoms with Crippen LogP contribution in [0.5, 0.6) is 0 Å². The maximum atomic E-state index is 10.8. The number of likely N-dealkylation sites (tertiary alicyclic amines) is 1. The molecule has 0 aromatic heterocycles. The summed E-state index contributed by atoms with van der Waals surface area (Å²) in [5, 5.41) is 8.91. The van der Waals surface area contributed by atoms with E-state index < -0.39 is 5.97 Å². The number of nitrogens with zero attached hydrogens (tertiary/aromatic N) is 1. The average molecular weight is 255 g/mol. The quantitative estimate of drug-likeness (QED) is 0.839. The van der Waals surface area contributed by atoms with E-state index in [0.29, 0.717) is 18.4 Å². The lowest BCUT2D eigenvalue weighted by Crippen LogP contribution is -2.49. The Labute approximate surface area is 109 Å². The van der Waals surface area contributed by atoms with E-state index in [9.17, 15) is 4.79 Å². The molecule has 104 valence electrons. The molecule has 0 spiro atoms. The first-order valence-electron chi connectivity index (χ1n) is 7.06. The molecule has 0 bridgehead atoms. The van der Waals surface area contributed by atoms with Gasteiger partial charge in [-0.3, -0.25) is 9.69 Å². The molecule has 1 N–H and O–H groups in total. The van der Waals surface area contributed by atoms with Crippen molar-refractivity contribution in [1.29, 1.82) is 0 Å². The van der Waals surface area contributed by atoms with Gasteiger partial charge in [0.25, 0.3) is 0 Å². The first-order valence-corrected chi connectivity index (χ1v) is 7.06. The first-order chi connectivity index (χ1) is 8.46. The molecule has 2 rings (SSSR count). The summed E-state index contributed by atoms with van der Waals surface area (Å²) in [7, 11) is 0. The first kappa shape index (κ1) is 13.8. The monoisotopic (exact) mass is 255 g/mol. The highest BCUT2D eigenvalue weighted by molar-refractivity contribution is 5.67. The highest BCUT2D eigenvalue weighted by Gasteiger charge is 2.34. The van der Waals surface area contributed by atoms with Crippen molar-refractivity contribution in [2.75, 3.05) is 19.7 Å². The molecule has 18 heavy (non-hydrogen) atoms. The van der Waals surface area contributed by atoms with Crippen molar-refractivity contribution >= 4 is 5.97 Å². The molecule has 0 radical (unpaired) electrons. The Morgan fingerprint density at radius 3 is 2.89 bits per heavy atom. The predicted octanol–water partition coefficient (Wildman–Crippen LogP) is 2.13. The lowest BCUT2D eigenvalue weighted by Gasteiger charge is -2.44. The number of ether oxygens (including phenoxy) is 1. The van der Waals surface area contributed by atoms with Gasteiger partial charge in [0.2, 0.25) is 0 Å². The molecule has 0 amide bonds. The van der Waals surface area contributed by atoms with E-state index in [1.165, 1.54) is 0 Å². The minimum absolute atomic E-state index is 0.0251. The van der Waals surface area contributed by atoms with Crippen molar-refractivity contribution < 1.29 is 14.6 Å². The van der Waals surface area contributed by atoms with Crippen LogP contribution in [-0.2, 0) is 9.53 Å². The van der Waals surface area contributed by atoms with E-state index in [2.05, 4.69) is 18.7 Å². The van der Waals surface area contributed by atoms with Gasteiger partial charge in [0.05, 0.1) is 5.60 Å². The summed E-state index contributed by atoms with van der Waals surface area (Å²) in [6.07, 6.45) is 4.67. The molecule has 2 heterocycles. The third-order valence-electron chi connectivity index (χ3n) is 4.20. The summed E-state index contributed by atoms with van der Waals surface area (Å²) >= 11 is 0. The number of aliphatic carboxylic acids is 1. The van der Waals surface area contributed by atoms with E-state index in [1.807, 2.05) is 0 Å². The van der Waals surface area contributed by atoms with Crippen LogP contribution in [0.15, 0.2) is 0 Å². The normalized spacial score (nSPS) is 33.2. The molecule has 2 saturated heterocycles. The SMILES string of the molecule is CC1(C)CC(N2CCCC(CC(=O)O)C2)CCO1. The molecule has 0 aromatic rings. The number of carboxylic acids is 1. The smallest absolute Gasteiger partial charge is 0.303 e. The van der Waals surface area contributed by atoms with Crippen LogP contribution in [0, 0.1) is 5.92 Å². The average Bonchev–Trinajstić information content (AvgIpc) is 2.27. The van der Waals surface area contributed by atoms with Gasteiger partial charge >= 0.3 is 5.97 Å².